The maximum atomic E-state index is 13.1. The fraction of sp³-hybridized carbons (Fsp3) is 0.667. The number of allylic oxidation sites excluding steroid dienone is 2. The minimum atomic E-state index is -0.331. The highest BCUT2D eigenvalue weighted by molar-refractivity contribution is 14.2. The van der Waals surface area contributed by atoms with Gasteiger partial charge < -0.3 is 19.1 Å². The summed E-state index contributed by atoms with van der Waals surface area (Å²) in [6.07, 6.45) is 8.31. The molecule has 1 heterocycles. The number of rotatable bonds is 3. The van der Waals surface area contributed by atoms with Gasteiger partial charge in [0.1, 0.15) is 18.0 Å². The van der Waals surface area contributed by atoms with E-state index in [1.807, 2.05) is 0 Å². The zero-order chi connectivity index (χ0) is 23.9. The highest BCUT2D eigenvalue weighted by Gasteiger charge is 2.57. The average molecular weight is 598 g/mol. The Balaban J connectivity index is 0.00000117. The molecule has 186 valence electrons. The van der Waals surface area contributed by atoms with Crippen molar-refractivity contribution in [3.05, 3.63) is 41.0 Å². The second kappa shape index (κ2) is 10.1. The molecule has 1 saturated heterocycles. The SMILES string of the molecule is CO.C[C@]12C[C@H](c3ccc(OPI)cc3)C3=C4CCC5(CC4CCC3C1CCC2=O)OCCO5. The largest absolute Gasteiger partial charge is 0.467 e. The van der Waals surface area contributed by atoms with Crippen LogP contribution in [0.2, 0.25) is 0 Å². The van der Waals surface area contributed by atoms with Crippen molar-refractivity contribution in [2.75, 3.05) is 20.3 Å². The third-order valence-corrected chi connectivity index (χ3v) is 10.3. The van der Waals surface area contributed by atoms with Gasteiger partial charge in [0.15, 0.2) is 5.79 Å². The Morgan fingerprint density at radius 3 is 2.50 bits per heavy atom. The Bertz CT molecular complexity index is 941. The molecule has 6 atom stereocenters. The topological polar surface area (TPSA) is 65.0 Å². The van der Waals surface area contributed by atoms with Crippen molar-refractivity contribution in [2.45, 2.75) is 70.0 Å². The second-order valence-electron chi connectivity index (χ2n) is 10.7. The summed E-state index contributed by atoms with van der Waals surface area (Å²) < 4.78 is 17.9. The molecule has 4 fully saturated rings. The number of halogens is 1. The number of aliphatic hydroxyl groups is 1. The summed E-state index contributed by atoms with van der Waals surface area (Å²) in [7, 11) is 1.00. The van der Waals surface area contributed by atoms with Crippen LogP contribution < -0.4 is 4.52 Å². The average Bonchev–Trinajstić information content (AvgIpc) is 3.44. The molecule has 1 N–H and O–H groups in total. The van der Waals surface area contributed by atoms with Gasteiger partial charge in [-0.3, -0.25) is 4.79 Å². The number of benzene rings is 1. The lowest BCUT2D eigenvalue weighted by atomic mass is 9.52. The van der Waals surface area contributed by atoms with Gasteiger partial charge in [-0.15, -0.1) is 0 Å². The maximum Gasteiger partial charge on any atom is 0.169 e. The molecule has 1 aliphatic heterocycles. The second-order valence-corrected chi connectivity index (χ2v) is 12.3. The summed E-state index contributed by atoms with van der Waals surface area (Å²) in [6, 6.07) is 8.73. The first-order valence-corrected chi connectivity index (χ1v) is 16.7. The van der Waals surface area contributed by atoms with Gasteiger partial charge in [0.05, 0.1) is 13.2 Å². The Morgan fingerprint density at radius 1 is 1.06 bits per heavy atom. The van der Waals surface area contributed by atoms with Crippen molar-refractivity contribution in [2.24, 2.45) is 23.2 Å². The molecular weight excluding hydrogens is 562 g/mol. The quantitative estimate of drug-likeness (QED) is 0.250. The van der Waals surface area contributed by atoms with Crippen molar-refractivity contribution in [1.29, 1.82) is 0 Å². The number of ketones is 1. The molecule has 0 radical (unpaired) electrons. The van der Waals surface area contributed by atoms with E-state index >= 15 is 0 Å². The fourth-order valence-corrected chi connectivity index (χ4v) is 8.86. The minimum Gasteiger partial charge on any atom is -0.467 e. The normalized spacial score (nSPS) is 36.2. The molecule has 0 amide bonds. The zero-order valence-electron chi connectivity index (χ0n) is 20.1. The smallest absolute Gasteiger partial charge is 0.169 e. The van der Waals surface area contributed by atoms with Gasteiger partial charge in [0.2, 0.25) is 0 Å². The predicted octanol–water partition coefficient (Wildman–Crippen LogP) is 6.34. The molecule has 7 heteroatoms. The van der Waals surface area contributed by atoms with Gasteiger partial charge in [-0.05, 0) is 89.6 Å². The third kappa shape index (κ3) is 4.19. The van der Waals surface area contributed by atoms with E-state index in [0.717, 1.165) is 64.6 Å². The maximum absolute atomic E-state index is 13.1. The number of aliphatic hydroxyl groups excluding tert-OH is 1. The first-order valence-electron chi connectivity index (χ1n) is 12.6. The molecule has 1 spiro atoms. The number of hydrogen-bond donors (Lipinski definition) is 1. The minimum absolute atomic E-state index is 0.168. The van der Waals surface area contributed by atoms with E-state index in [2.05, 4.69) is 53.2 Å². The Morgan fingerprint density at radius 2 is 1.79 bits per heavy atom. The van der Waals surface area contributed by atoms with Crippen LogP contribution in [0.3, 0.4) is 0 Å². The van der Waals surface area contributed by atoms with Gasteiger partial charge in [0, 0.05) is 37.7 Å². The Labute approximate surface area is 217 Å². The van der Waals surface area contributed by atoms with E-state index in [-0.39, 0.29) is 11.2 Å². The predicted molar refractivity (Wildman–Crippen MR) is 142 cm³/mol. The van der Waals surface area contributed by atoms with Crippen molar-refractivity contribution in [3.8, 4) is 5.75 Å². The lowest BCUT2D eigenvalue weighted by Gasteiger charge is -2.52. The van der Waals surface area contributed by atoms with Gasteiger partial charge >= 0.3 is 0 Å². The van der Waals surface area contributed by atoms with E-state index in [9.17, 15) is 4.79 Å². The summed E-state index contributed by atoms with van der Waals surface area (Å²) in [5, 5.41) is 7.00. The fourth-order valence-electron chi connectivity index (χ4n) is 7.87. The van der Waals surface area contributed by atoms with Gasteiger partial charge in [-0.2, -0.15) is 0 Å². The van der Waals surface area contributed by atoms with Crippen LogP contribution >= 0.6 is 28.5 Å². The lowest BCUT2D eigenvalue weighted by Crippen LogP contribution is -2.46. The van der Waals surface area contributed by atoms with Crippen LogP contribution in [-0.4, -0.2) is 37.0 Å². The van der Waals surface area contributed by atoms with E-state index in [1.165, 1.54) is 18.4 Å². The lowest BCUT2D eigenvalue weighted by molar-refractivity contribution is -0.181. The summed E-state index contributed by atoms with van der Waals surface area (Å²) in [6.45, 7) is 4.17. The molecule has 5 aliphatic rings. The third-order valence-electron chi connectivity index (χ3n) is 9.30. The van der Waals surface area contributed by atoms with Crippen LogP contribution in [0.4, 0.5) is 0 Å². The molecule has 5 nitrogen and oxygen atoms in total. The van der Waals surface area contributed by atoms with Crippen LogP contribution in [0.5, 0.6) is 5.75 Å². The number of carbonyl (C=O) groups excluding carboxylic acids is 1. The Hall–Kier alpha value is -0.530. The van der Waals surface area contributed by atoms with Crippen molar-refractivity contribution < 1.29 is 23.9 Å². The number of hydrogen-bond acceptors (Lipinski definition) is 5. The van der Waals surface area contributed by atoms with Crippen molar-refractivity contribution >= 4 is 34.3 Å². The molecular formula is C27H36IO5P. The Kier molecular flexibility index (Phi) is 7.45. The molecule has 4 aliphatic carbocycles. The van der Waals surface area contributed by atoms with Crippen LogP contribution in [-0.2, 0) is 14.3 Å². The molecule has 1 aromatic rings. The van der Waals surface area contributed by atoms with E-state index < -0.39 is 0 Å². The summed E-state index contributed by atoms with van der Waals surface area (Å²) in [5.74, 6) is 3.10. The van der Waals surface area contributed by atoms with E-state index in [1.54, 1.807) is 11.1 Å². The molecule has 34 heavy (non-hydrogen) atoms. The molecule has 0 aromatic heterocycles. The van der Waals surface area contributed by atoms with Crippen LogP contribution in [0.15, 0.2) is 35.4 Å². The zero-order valence-corrected chi connectivity index (χ0v) is 23.3. The van der Waals surface area contributed by atoms with Crippen molar-refractivity contribution in [3.63, 3.8) is 0 Å². The van der Waals surface area contributed by atoms with Gasteiger partial charge in [0.25, 0.3) is 0 Å². The molecule has 6 rings (SSSR count). The van der Waals surface area contributed by atoms with Crippen LogP contribution in [0.1, 0.15) is 69.8 Å². The van der Waals surface area contributed by atoms with Gasteiger partial charge in [-0.25, -0.2) is 0 Å². The highest BCUT2D eigenvalue weighted by atomic mass is 127. The standard InChI is InChI=1S/C26H32IO4P.CH4O/c1-25-15-21(16-2-5-18(6-3-16)31-32-27)24-19-10-11-26(29-12-13-30-26)14-17(19)4-7-20(24)22(25)8-9-23(25)28;1-2/h2-3,5-6,17,20-22,32H,4,7-15H2,1H3;2H,1H3/t17?,20?,21-,22?,25+;/m1./s1. The van der Waals surface area contributed by atoms with Crippen molar-refractivity contribution in [1.82, 2.24) is 0 Å². The van der Waals surface area contributed by atoms with E-state index in [0.29, 0.717) is 35.9 Å². The van der Waals surface area contributed by atoms with E-state index in [4.69, 9.17) is 19.1 Å². The summed E-state index contributed by atoms with van der Waals surface area (Å²) >= 11 is 2.26. The molecule has 0 bridgehead atoms. The number of fused-ring (bicyclic) bond motifs is 4. The first-order chi connectivity index (χ1) is 16.5. The number of ether oxygens (including phenoxy) is 2. The van der Waals surface area contributed by atoms with Crippen LogP contribution in [0.25, 0.3) is 0 Å². The molecule has 1 aromatic carbocycles. The number of Topliss-reactive ketones (excluding diaryl/α,β-unsaturated/α-hetero) is 1. The summed E-state index contributed by atoms with van der Waals surface area (Å²) in [5.41, 5.74) is 4.57. The summed E-state index contributed by atoms with van der Waals surface area (Å²) in [4.78, 5) is 13.1. The monoisotopic (exact) mass is 598 g/mol. The highest BCUT2D eigenvalue weighted by Crippen LogP contribution is 2.63. The van der Waals surface area contributed by atoms with Crippen LogP contribution in [0, 0.1) is 23.2 Å². The molecule has 4 unspecified atom stereocenters. The number of carbonyl (C=O) groups is 1. The molecule has 3 saturated carbocycles. The first kappa shape index (κ1) is 25.1. The van der Waals surface area contributed by atoms with Gasteiger partial charge in [-0.1, -0.05) is 30.2 Å².